The maximum absolute atomic E-state index is 11.4. The highest BCUT2D eigenvalue weighted by molar-refractivity contribution is 7.89. The molecule has 1 aliphatic heterocycles. The number of benzene rings is 1. The van der Waals surface area contributed by atoms with Crippen LogP contribution in [0.4, 0.5) is 0 Å². The summed E-state index contributed by atoms with van der Waals surface area (Å²) in [5.74, 6) is 0. The molecule has 7 heteroatoms. The first kappa shape index (κ1) is 14.2. The molecule has 1 aliphatic rings. The van der Waals surface area contributed by atoms with Crippen LogP contribution in [0.15, 0.2) is 42.6 Å². The number of nitrogens with zero attached hydrogens (tertiary/aromatic N) is 2. The second-order valence-corrected chi connectivity index (χ2v) is 7.10. The molecular formula is C14H18N4O2S. The Morgan fingerprint density at radius 1 is 1.19 bits per heavy atom. The zero-order chi connectivity index (χ0) is 14.9. The minimum atomic E-state index is -3.47. The van der Waals surface area contributed by atoms with E-state index in [4.69, 9.17) is 5.14 Å². The number of primary sulfonamides is 1. The highest BCUT2D eigenvalue weighted by atomic mass is 32.2. The van der Waals surface area contributed by atoms with Crippen LogP contribution in [0, 0.1) is 0 Å². The van der Waals surface area contributed by atoms with Gasteiger partial charge in [0.25, 0.3) is 0 Å². The van der Waals surface area contributed by atoms with Gasteiger partial charge in [-0.1, -0.05) is 18.2 Å². The number of piperidine rings is 1. The Bertz CT molecular complexity index is 704. The Kier molecular flexibility index (Phi) is 3.79. The number of nitrogens with one attached hydrogen (secondary N) is 1. The van der Waals surface area contributed by atoms with Gasteiger partial charge in [0.05, 0.1) is 16.6 Å². The highest BCUT2D eigenvalue weighted by Gasteiger charge is 2.30. The van der Waals surface area contributed by atoms with Gasteiger partial charge in [-0.3, -0.25) is 0 Å². The van der Waals surface area contributed by atoms with Crippen molar-refractivity contribution in [2.24, 2.45) is 5.14 Å². The molecule has 0 radical (unpaired) electrons. The summed E-state index contributed by atoms with van der Waals surface area (Å²) in [6, 6.07) is 11.9. The molecule has 1 saturated heterocycles. The maximum atomic E-state index is 11.4. The molecular weight excluding hydrogens is 288 g/mol. The average Bonchev–Trinajstić information content (AvgIpc) is 2.97. The number of hydrogen-bond acceptors (Lipinski definition) is 4. The van der Waals surface area contributed by atoms with Crippen LogP contribution in [0.3, 0.4) is 0 Å². The Morgan fingerprint density at radius 3 is 2.57 bits per heavy atom. The standard InChI is InChI=1S/C14H18N4O2S/c15-21(19,20)12-6-7-13(16-10-12)14-8-9-17-18(14)11-4-2-1-3-5-11/h1-5,8-9,12-13,16H,6-7,10H2,(H2,15,19,20). The molecule has 1 aromatic heterocycles. The second kappa shape index (κ2) is 5.59. The number of rotatable bonds is 3. The SMILES string of the molecule is NS(=O)(=O)C1CCC(c2ccnn2-c2ccccc2)NC1. The molecule has 2 heterocycles. The molecule has 1 aromatic carbocycles. The van der Waals surface area contributed by atoms with E-state index in [9.17, 15) is 8.42 Å². The van der Waals surface area contributed by atoms with Crippen LogP contribution in [-0.4, -0.2) is 30.0 Å². The van der Waals surface area contributed by atoms with Crippen molar-refractivity contribution < 1.29 is 8.42 Å². The molecule has 3 N–H and O–H groups in total. The molecule has 2 aromatic rings. The van der Waals surface area contributed by atoms with Gasteiger partial charge in [-0.05, 0) is 31.0 Å². The molecule has 3 rings (SSSR count). The Hall–Kier alpha value is -1.70. The molecule has 0 spiro atoms. The predicted molar refractivity (Wildman–Crippen MR) is 80.4 cm³/mol. The normalized spacial score (nSPS) is 23.1. The lowest BCUT2D eigenvalue weighted by Crippen LogP contribution is -2.43. The van der Waals surface area contributed by atoms with Crippen molar-refractivity contribution in [1.29, 1.82) is 0 Å². The number of sulfonamides is 1. The summed E-state index contributed by atoms with van der Waals surface area (Å²) in [7, 11) is -3.47. The molecule has 1 fully saturated rings. The largest absolute Gasteiger partial charge is 0.307 e. The van der Waals surface area contributed by atoms with Gasteiger partial charge < -0.3 is 5.32 Å². The second-order valence-electron chi connectivity index (χ2n) is 5.25. The first-order valence-electron chi connectivity index (χ1n) is 6.90. The van der Waals surface area contributed by atoms with Crippen LogP contribution < -0.4 is 10.5 Å². The van der Waals surface area contributed by atoms with Crippen molar-refractivity contribution in [3.63, 3.8) is 0 Å². The van der Waals surface area contributed by atoms with Crippen LogP contribution in [0.1, 0.15) is 24.6 Å². The summed E-state index contributed by atoms with van der Waals surface area (Å²) < 4.78 is 24.7. The van der Waals surface area contributed by atoms with Gasteiger partial charge in [0, 0.05) is 18.8 Å². The van der Waals surface area contributed by atoms with Gasteiger partial charge in [-0.15, -0.1) is 0 Å². The Balaban J connectivity index is 1.80. The number of hydrogen-bond donors (Lipinski definition) is 2. The third kappa shape index (κ3) is 2.99. The molecule has 112 valence electrons. The monoisotopic (exact) mass is 306 g/mol. The van der Waals surface area contributed by atoms with Gasteiger partial charge in [0.15, 0.2) is 0 Å². The van der Waals surface area contributed by atoms with E-state index in [1.807, 2.05) is 41.1 Å². The highest BCUT2D eigenvalue weighted by Crippen LogP contribution is 2.26. The lowest BCUT2D eigenvalue weighted by Gasteiger charge is -2.29. The number of para-hydroxylation sites is 1. The van der Waals surface area contributed by atoms with E-state index in [-0.39, 0.29) is 6.04 Å². The van der Waals surface area contributed by atoms with Crippen molar-refractivity contribution >= 4 is 10.0 Å². The van der Waals surface area contributed by atoms with Crippen LogP contribution in [0.5, 0.6) is 0 Å². The maximum Gasteiger partial charge on any atom is 0.213 e. The molecule has 21 heavy (non-hydrogen) atoms. The summed E-state index contributed by atoms with van der Waals surface area (Å²) in [4.78, 5) is 0. The minimum absolute atomic E-state index is 0.0886. The Labute approximate surface area is 124 Å². The zero-order valence-electron chi connectivity index (χ0n) is 11.5. The molecule has 2 atom stereocenters. The van der Waals surface area contributed by atoms with Crippen molar-refractivity contribution in [2.45, 2.75) is 24.1 Å². The van der Waals surface area contributed by atoms with Gasteiger partial charge in [0.1, 0.15) is 0 Å². The van der Waals surface area contributed by atoms with Crippen molar-refractivity contribution in [3.05, 3.63) is 48.3 Å². The van der Waals surface area contributed by atoms with Crippen LogP contribution >= 0.6 is 0 Å². The molecule has 0 bridgehead atoms. The predicted octanol–water partition coefficient (Wildman–Crippen LogP) is 0.954. The van der Waals surface area contributed by atoms with Crippen LogP contribution in [0.2, 0.25) is 0 Å². The van der Waals surface area contributed by atoms with Crippen molar-refractivity contribution in [1.82, 2.24) is 15.1 Å². The van der Waals surface area contributed by atoms with Crippen molar-refractivity contribution in [2.75, 3.05) is 6.54 Å². The molecule has 0 saturated carbocycles. The topological polar surface area (TPSA) is 90.0 Å². The first-order valence-corrected chi connectivity index (χ1v) is 8.51. The van der Waals surface area contributed by atoms with Crippen LogP contribution in [0.25, 0.3) is 5.69 Å². The summed E-state index contributed by atoms with van der Waals surface area (Å²) in [5, 5.41) is 12.3. The fourth-order valence-electron chi connectivity index (χ4n) is 2.73. The van der Waals surface area contributed by atoms with Crippen molar-refractivity contribution in [3.8, 4) is 5.69 Å². The first-order chi connectivity index (χ1) is 10.1. The fraction of sp³-hybridized carbons (Fsp3) is 0.357. The van der Waals surface area contributed by atoms with E-state index in [1.54, 1.807) is 6.20 Å². The zero-order valence-corrected chi connectivity index (χ0v) is 12.3. The average molecular weight is 306 g/mol. The summed E-state index contributed by atoms with van der Waals surface area (Å²) >= 11 is 0. The third-order valence-corrected chi connectivity index (χ3v) is 5.20. The molecule has 0 aliphatic carbocycles. The quantitative estimate of drug-likeness (QED) is 0.883. The summed E-state index contributed by atoms with van der Waals surface area (Å²) in [6.07, 6.45) is 3.05. The minimum Gasteiger partial charge on any atom is -0.307 e. The van der Waals surface area contributed by atoms with Crippen LogP contribution in [-0.2, 0) is 10.0 Å². The molecule has 6 nitrogen and oxygen atoms in total. The van der Waals surface area contributed by atoms with E-state index in [2.05, 4.69) is 10.4 Å². The smallest absolute Gasteiger partial charge is 0.213 e. The third-order valence-electron chi connectivity index (χ3n) is 3.86. The lowest BCUT2D eigenvalue weighted by molar-refractivity contribution is 0.395. The van der Waals surface area contributed by atoms with Gasteiger partial charge in [0.2, 0.25) is 10.0 Å². The molecule has 2 unspecified atom stereocenters. The van der Waals surface area contributed by atoms with E-state index in [1.165, 1.54) is 0 Å². The van der Waals surface area contributed by atoms with E-state index >= 15 is 0 Å². The van der Waals surface area contributed by atoms with Gasteiger partial charge >= 0.3 is 0 Å². The summed E-state index contributed by atoms with van der Waals surface area (Å²) in [5.41, 5.74) is 2.03. The lowest BCUT2D eigenvalue weighted by atomic mass is 10.0. The van der Waals surface area contributed by atoms with E-state index in [0.29, 0.717) is 13.0 Å². The van der Waals surface area contributed by atoms with E-state index in [0.717, 1.165) is 17.8 Å². The number of nitrogens with two attached hydrogens (primary N) is 1. The number of aromatic nitrogens is 2. The summed E-state index contributed by atoms with van der Waals surface area (Å²) in [6.45, 7) is 0.378. The van der Waals surface area contributed by atoms with Gasteiger partial charge in [-0.25, -0.2) is 18.2 Å². The van der Waals surface area contributed by atoms with Gasteiger partial charge in [-0.2, -0.15) is 5.10 Å². The Morgan fingerprint density at radius 2 is 1.95 bits per heavy atom. The fourth-order valence-corrected chi connectivity index (χ4v) is 3.52. The molecule has 0 amide bonds. The van der Waals surface area contributed by atoms with E-state index < -0.39 is 15.3 Å².